The van der Waals surface area contributed by atoms with Crippen molar-refractivity contribution in [1.29, 1.82) is 0 Å². The molecule has 0 spiro atoms. The maximum atomic E-state index is 12.4. The molecule has 1 atom stereocenters. The van der Waals surface area contributed by atoms with E-state index in [0.717, 1.165) is 5.56 Å². The molecular weight excluding hydrogens is 342 g/mol. The number of phenols is 1. The third-order valence-corrected chi connectivity index (χ3v) is 4.48. The summed E-state index contributed by atoms with van der Waals surface area (Å²) in [6.07, 6.45) is 0.747. The first-order valence-corrected chi connectivity index (χ1v) is 8.42. The van der Waals surface area contributed by atoms with Gasteiger partial charge >= 0.3 is 5.97 Å². The average molecular weight is 360 g/mol. The highest BCUT2D eigenvalue weighted by atomic mass is 35.5. The number of phenolic OH excluding ortho intramolecular Hbond substituents is 1. The first kappa shape index (κ1) is 17.3. The highest BCUT2D eigenvalue weighted by Crippen LogP contribution is 2.36. The second-order valence-corrected chi connectivity index (χ2v) is 6.43. The molecule has 2 aromatic carbocycles. The van der Waals surface area contributed by atoms with E-state index in [0.29, 0.717) is 24.9 Å². The molecule has 25 heavy (non-hydrogen) atoms. The minimum atomic E-state index is -0.660. The van der Waals surface area contributed by atoms with Crippen LogP contribution < -0.4 is 5.32 Å². The molecule has 0 radical (unpaired) electrons. The van der Waals surface area contributed by atoms with Crippen LogP contribution >= 0.6 is 11.6 Å². The predicted octanol–water partition coefficient (Wildman–Crippen LogP) is 3.12. The van der Waals surface area contributed by atoms with Gasteiger partial charge in [-0.1, -0.05) is 41.9 Å². The van der Waals surface area contributed by atoms with Gasteiger partial charge < -0.3 is 15.2 Å². The summed E-state index contributed by atoms with van der Waals surface area (Å²) in [5.74, 6) is -1.52. The van der Waals surface area contributed by atoms with E-state index in [-0.39, 0.29) is 28.0 Å². The van der Waals surface area contributed by atoms with Gasteiger partial charge in [-0.25, -0.2) is 4.79 Å². The molecule has 130 valence electrons. The fourth-order valence-corrected chi connectivity index (χ4v) is 3.18. The fourth-order valence-electron chi connectivity index (χ4n) is 2.90. The monoisotopic (exact) mass is 359 g/mol. The summed E-state index contributed by atoms with van der Waals surface area (Å²) in [5.41, 5.74) is 1.57. The van der Waals surface area contributed by atoms with Crippen LogP contribution in [0.5, 0.6) is 5.75 Å². The molecule has 1 amide bonds. The number of hydrogen-bond donors (Lipinski definition) is 2. The standard InChI is InChI=1S/C19H18ClNO4/c1-11-9-13-15(20)10-14(17(22)16(13)19(24)25-11)18(23)21-8-7-12-5-3-2-4-6-12/h2-6,10-11,22H,7-9H2,1H3,(H,21,23)/t11-/m1/s1. The van der Waals surface area contributed by atoms with E-state index >= 15 is 0 Å². The number of hydrogen-bond acceptors (Lipinski definition) is 4. The number of carbonyl (C=O) groups is 2. The summed E-state index contributed by atoms with van der Waals surface area (Å²) in [6, 6.07) is 11.1. The Hall–Kier alpha value is -2.53. The molecule has 0 saturated heterocycles. The second-order valence-electron chi connectivity index (χ2n) is 6.02. The molecule has 6 heteroatoms. The number of amides is 1. The van der Waals surface area contributed by atoms with Crippen LogP contribution in [0.1, 0.15) is 38.8 Å². The fraction of sp³-hybridized carbons (Fsp3) is 0.263. The summed E-state index contributed by atoms with van der Waals surface area (Å²) < 4.78 is 5.13. The quantitative estimate of drug-likeness (QED) is 0.822. The average Bonchev–Trinajstić information content (AvgIpc) is 2.58. The van der Waals surface area contributed by atoms with Crippen molar-refractivity contribution in [3.63, 3.8) is 0 Å². The molecule has 0 aliphatic carbocycles. The van der Waals surface area contributed by atoms with E-state index in [1.807, 2.05) is 30.3 Å². The summed E-state index contributed by atoms with van der Waals surface area (Å²) in [6.45, 7) is 2.15. The summed E-state index contributed by atoms with van der Waals surface area (Å²) >= 11 is 6.23. The van der Waals surface area contributed by atoms with E-state index in [4.69, 9.17) is 16.3 Å². The maximum Gasteiger partial charge on any atom is 0.342 e. The summed E-state index contributed by atoms with van der Waals surface area (Å²) in [5, 5.41) is 13.4. The number of halogens is 1. The van der Waals surface area contributed by atoms with Crippen molar-refractivity contribution in [3.8, 4) is 5.75 Å². The number of ether oxygens (including phenoxy) is 1. The van der Waals surface area contributed by atoms with Gasteiger partial charge in [0.25, 0.3) is 5.91 Å². The Bertz CT molecular complexity index is 820. The molecule has 0 saturated carbocycles. The molecule has 2 N–H and O–H groups in total. The van der Waals surface area contributed by atoms with E-state index < -0.39 is 11.9 Å². The zero-order valence-corrected chi connectivity index (χ0v) is 14.5. The molecule has 1 aliphatic rings. The van der Waals surface area contributed by atoms with E-state index in [1.54, 1.807) is 6.92 Å². The SMILES string of the molecule is C[C@@H]1Cc2c(Cl)cc(C(=O)NCCc3ccccc3)c(O)c2C(=O)O1. The van der Waals surface area contributed by atoms with Gasteiger partial charge in [-0.3, -0.25) is 4.79 Å². The smallest absolute Gasteiger partial charge is 0.342 e. The highest BCUT2D eigenvalue weighted by molar-refractivity contribution is 6.32. The van der Waals surface area contributed by atoms with E-state index in [2.05, 4.69) is 5.32 Å². The number of esters is 1. The topological polar surface area (TPSA) is 75.6 Å². The molecule has 5 nitrogen and oxygen atoms in total. The van der Waals surface area contributed by atoms with Crippen LogP contribution in [0, 0.1) is 0 Å². The zero-order valence-electron chi connectivity index (χ0n) is 13.7. The van der Waals surface area contributed by atoms with Gasteiger partial charge in [-0.2, -0.15) is 0 Å². The predicted molar refractivity (Wildman–Crippen MR) is 94.2 cm³/mol. The lowest BCUT2D eigenvalue weighted by atomic mass is 9.95. The molecule has 2 aromatic rings. The number of fused-ring (bicyclic) bond motifs is 1. The number of benzene rings is 2. The van der Waals surface area contributed by atoms with Gasteiger partial charge in [0.1, 0.15) is 17.4 Å². The Morgan fingerprint density at radius 2 is 2.08 bits per heavy atom. The zero-order chi connectivity index (χ0) is 18.0. The number of cyclic esters (lactones) is 1. The van der Waals surface area contributed by atoms with Crippen molar-refractivity contribution >= 4 is 23.5 Å². The van der Waals surface area contributed by atoms with Crippen LogP contribution in [0.2, 0.25) is 5.02 Å². The molecule has 3 rings (SSSR count). The second kappa shape index (κ2) is 7.15. The normalized spacial score (nSPS) is 16.1. The van der Waals surface area contributed by atoms with Crippen molar-refractivity contribution in [3.05, 3.63) is 63.7 Å². The summed E-state index contributed by atoms with van der Waals surface area (Å²) in [7, 11) is 0. The van der Waals surface area contributed by atoms with Gasteiger partial charge in [0.15, 0.2) is 0 Å². The number of nitrogens with one attached hydrogen (secondary N) is 1. The number of rotatable bonds is 4. The third kappa shape index (κ3) is 3.61. The molecule has 0 unspecified atom stereocenters. The molecule has 1 aliphatic heterocycles. The minimum Gasteiger partial charge on any atom is -0.506 e. The lowest BCUT2D eigenvalue weighted by Gasteiger charge is -2.24. The summed E-state index contributed by atoms with van der Waals surface area (Å²) in [4.78, 5) is 24.5. The van der Waals surface area contributed by atoms with Crippen LogP contribution in [0.25, 0.3) is 0 Å². The van der Waals surface area contributed by atoms with Gasteiger partial charge in [0, 0.05) is 18.0 Å². The van der Waals surface area contributed by atoms with E-state index in [9.17, 15) is 14.7 Å². The molecule has 0 bridgehead atoms. The first-order chi connectivity index (χ1) is 12.0. The lowest BCUT2D eigenvalue weighted by molar-refractivity contribution is 0.0297. The largest absolute Gasteiger partial charge is 0.506 e. The van der Waals surface area contributed by atoms with Gasteiger partial charge in [0.2, 0.25) is 0 Å². The Morgan fingerprint density at radius 1 is 1.36 bits per heavy atom. The van der Waals surface area contributed by atoms with Crippen LogP contribution in [0.3, 0.4) is 0 Å². The van der Waals surface area contributed by atoms with Crippen LogP contribution in [0.4, 0.5) is 0 Å². The first-order valence-electron chi connectivity index (χ1n) is 8.04. The van der Waals surface area contributed by atoms with Gasteiger partial charge in [0.05, 0.1) is 5.56 Å². The minimum absolute atomic E-state index is 0.0150. The third-order valence-electron chi connectivity index (χ3n) is 4.14. The molecule has 0 aromatic heterocycles. The Kier molecular flexibility index (Phi) is 4.95. The van der Waals surface area contributed by atoms with E-state index in [1.165, 1.54) is 6.07 Å². The highest BCUT2D eigenvalue weighted by Gasteiger charge is 2.31. The Morgan fingerprint density at radius 3 is 2.80 bits per heavy atom. The van der Waals surface area contributed by atoms with Gasteiger partial charge in [-0.05, 0) is 30.5 Å². The van der Waals surface area contributed by atoms with Crippen molar-refractivity contribution < 1.29 is 19.4 Å². The number of aromatic hydroxyl groups is 1. The van der Waals surface area contributed by atoms with Crippen molar-refractivity contribution in [2.45, 2.75) is 25.9 Å². The van der Waals surface area contributed by atoms with Crippen molar-refractivity contribution in [1.82, 2.24) is 5.32 Å². The van der Waals surface area contributed by atoms with Crippen LogP contribution in [0.15, 0.2) is 36.4 Å². The van der Waals surface area contributed by atoms with Crippen molar-refractivity contribution in [2.75, 3.05) is 6.54 Å². The lowest BCUT2D eigenvalue weighted by Crippen LogP contribution is -2.29. The Labute approximate surface area is 150 Å². The van der Waals surface area contributed by atoms with Crippen LogP contribution in [-0.2, 0) is 17.6 Å². The Balaban J connectivity index is 1.78. The molecule has 0 fully saturated rings. The van der Waals surface area contributed by atoms with Gasteiger partial charge in [-0.15, -0.1) is 0 Å². The van der Waals surface area contributed by atoms with Crippen LogP contribution in [-0.4, -0.2) is 29.6 Å². The van der Waals surface area contributed by atoms with Crippen molar-refractivity contribution in [2.24, 2.45) is 0 Å². The number of carbonyl (C=O) groups excluding carboxylic acids is 2. The molecule has 1 heterocycles. The molecular formula is C19H18ClNO4. The maximum absolute atomic E-state index is 12.4.